The van der Waals surface area contributed by atoms with Gasteiger partial charge in [-0.1, -0.05) is 0 Å². The third-order valence-corrected chi connectivity index (χ3v) is 2.07. The molecule has 17 heavy (non-hydrogen) atoms. The Morgan fingerprint density at radius 2 is 1.76 bits per heavy atom. The minimum absolute atomic E-state index is 0.0508. The van der Waals surface area contributed by atoms with Crippen molar-refractivity contribution in [3.8, 4) is 0 Å². The van der Waals surface area contributed by atoms with Crippen molar-refractivity contribution >= 4 is 11.9 Å². The Bertz CT molecular complexity index is 276. The number of carbonyl (C=O) groups excluding carboxylic acids is 1. The zero-order chi connectivity index (χ0) is 13.6. The van der Waals surface area contributed by atoms with Crippen LogP contribution in [-0.2, 0) is 9.59 Å². The second-order valence-electron chi connectivity index (χ2n) is 3.98. The second kappa shape index (κ2) is 6.46. The smallest absolute Gasteiger partial charge is 0.406 e. The molecule has 0 saturated carbocycles. The van der Waals surface area contributed by atoms with Crippen molar-refractivity contribution in [2.45, 2.75) is 45.3 Å². The van der Waals surface area contributed by atoms with Gasteiger partial charge in [0.2, 0.25) is 5.91 Å². The molecule has 0 aliphatic carbocycles. The highest BCUT2D eigenvalue weighted by atomic mass is 19.4. The van der Waals surface area contributed by atoms with Crippen LogP contribution in [0.3, 0.4) is 0 Å². The summed E-state index contributed by atoms with van der Waals surface area (Å²) in [5, 5.41) is 8.36. The summed E-state index contributed by atoms with van der Waals surface area (Å²) in [5.74, 6) is -1.73. The van der Waals surface area contributed by atoms with Gasteiger partial charge in [0.1, 0.15) is 6.54 Å². The fraction of sp³-hybridized carbons (Fsp3) is 0.800. The molecular formula is C10H16F3NO3. The minimum atomic E-state index is -4.44. The summed E-state index contributed by atoms with van der Waals surface area (Å²) in [6, 6.07) is -0.561. The number of carboxylic acid groups (broad SMARTS) is 1. The maximum Gasteiger partial charge on any atom is 0.406 e. The maximum absolute atomic E-state index is 12.2. The largest absolute Gasteiger partial charge is 0.481 e. The first-order valence-electron chi connectivity index (χ1n) is 5.21. The fourth-order valence-electron chi connectivity index (χ4n) is 1.29. The van der Waals surface area contributed by atoms with Gasteiger partial charge in [-0.15, -0.1) is 0 Å². The van der Waals surface area contributed by atoms with Crippen LogP contribution < -0.4 is 0 Å². The second-order valence-corrected chi connectivity index (χ2v) is 3.98. The highest BCUT2D eigenvalue weighted by molar-refractivity contribution is 5.77. The minimum Gasteiger partial charge on any atom is -0.481 e. The van der Waals surface area contributed by atoms with Gasteiger partial charge in [-0.05, 0) is 20.3 Å². The van der Waals surface area contributed by atoms with E-state index < -0.39 is 30.6 Å². The summed E-state index contributed by atoms with van der Waals surface area (Å²) >= 11 is 0. The summed E-state index contributed by atoms with van der Waals surface area (Å²) < 4.78 is 36.6. The normalized spacial score (nSPS) is 11.6. The van der Waals surface area contributed by atoms with Crippen molar-refractivity contribution in [1.29, 1.82) is 0 Å². The molecule has 0 rings (SSSR count). The number of amides is 1. The van der Waals surface area contributed by atoms with Gasteiger partial charge in [0.25, 0.3) is 0 Å². The van der Waals surface area contributed by atoms with E-state index >= 15 is 0 Å². The lowest BCUT2D eigenvalue weighted by Gasteiger charge is -2.27. The molecule has 1 N–H and O–H groups in total. The lowest BCUT2D eigenvalue weighted by atomic mass is 10.2. The molecule has 0 atom stereocenters. The molecule has 0 aliphatic rings. The summed E-state index contributed by atoms with van der Waals surface area (Å²) in [4.78, 5) is 22.4. The molecule has 100 valence electrons. The lowest BCUT2D eigenvalue weighted by molar-refractivity contribution is -0.164. The van der Waals surface area contributed by atoms with Crippen LogP contribution in [0.15, 0.2) is 0 Å². The van der Waals surface area contributed by atoms with E-state index in [-0.39, 0.29) is 19.3 Å². The van der Waals surface area contributed by atoms with Crippen LogP contribution in [0.5, 0.6) is 0 Å². The van der Waals surface area contributed by atoms with Crippen molar-refractivity contribution in [1.82, 2.24) is 4.90 Å². The Kier molecular flexibility index (Phi) is 5.98. The fourth-order valence-corrected chi connectivity index (χ4v) is 1.29. The van der Waals surface area contributed by atoms with Gasteiger partial charge in [0, 0.05) is 18.9 Å². The van der Waals surface area contributed by atoms with Crippen molar-refractivity contribution in [3.63, 3.8) is 0 Å². The van der Waals surface area contributed by atoms with E-state index in [1.165, 1.54) is 13.8 Å². The number of hydrogen-bond acceptors (Lipinski definition) is 2. The van der Waals surface area contributed by atoms with E-state index in [1.807, 2.05) is 0 Å². The Morgan fingerprint density at radius 3 is 2.12 bits per heavy atom. The highest BCUT2D eigenvalue weighted by Crippen LogP contribution is 2.19. The Balaban J connectivity index is 4.31. The van der Waals surface area contributed by atoms with Crippen molar-refractivity contribution in [2.24, 2.45) is 0 Å². The number of halogens is 3. The van der Waals surface area contributed by atoms with Crippen LogP contribution in [0.25, 0.3) is 0 Å². The number of hydrogen-bond donors (Lipinski definition) is 1. The molecule has 0 aromatic heterocycles. The molecular weight excluding hydrogens is 239 g/mol. The standard InChI is InChI=1S/C10H16F3NO3/c1-7(2)14(6-10(11,12)13)8(15)4-3-5-9(16)17/h7H,3-6H2,1-2H3,(H,16,17). The number of nitrogens with zero attached hydrogens (tertiary/aromatic N) is 1. The molecule has 0 fully saturated rings. The molecule has 0 unspecified atom stereocenters. The summed E-state index contributed by atoms with van der Waals surface area (Å²) in [5.41, 5.74) is 0. The molecule has 7 heteroatoms. The predicted molar refractivity (Wildman–Crippen MR) is 54.4 cm³/mol. The van der Waals surface area contributed by atoms with Crippen LogP contribution in [0.1, 0.15) is 33.1 Å². The van der Waals surface area contributed by atoms with Gasteiger partial charge in [-0.2, -0.15) is 13.2 Å². The predicted octanol–water partition coefficient (Wildman–Crippen LogP) is 2.04. The Hall–Kier alpha value is -1.27. The van der Waals surface area contributed by atoms with Gasteiger partial charge in [-0.25, -0.2) is 0 Å². The zero-order valence-electron chi connectivity index (χ0n) is 9.75. The van der Waals surface area contributed by atoms with Gasteiger partial charge >= 0.3 is 12.1 Å². The first-order chi connectivity index (χ1) is 7.63. The molecule has 4 nitrogen and oxygen atoms in total. The summed E-state index contributed by atoms with van der Waals surface area (Å²) in [7, 11) is 0. The topological polar surface area (TPSA) is 57.6 Å². The van der Waals surface area contributed by atoms with Crippen molar-refractivity contribution < 1.29 is 27.9 Å². The number of alkyl halides is 3. The van der Waals surface area contributed by atoms with E-state index in [1.54, 1.807) is 0 Å². The molecule has 0 saturated heterocycles. The molecule has 0 radical (unpaired) electrons. The number of carboxylic acids is 1. The van der Waals surface area contributed by atoms with Crippen molar-refractivity contribution in [3.05, 3.63) is 0 Å². The lowest BCUT2D eigenvalue weighted by Crippen LogP contribution is -2.43. The van der Waals surface area contributed by atoms with Gasteiger partial charge in [0.05, 0.1) is 0 Å². The van der Waals surface area contributed by atoms with Gasteiger partial charge in [-0.3, -0.25) is 9.59 Å². The monoisotopic (exact) mass is 255 g/mol. The summed E-state index contributed by atoms with van der Waals surface area (Å²) in [6.45, 7) is 1.68. The van der Waals surface area contributed by atoms with Crippen LogP contribution >= 0.6 is 0 Å². The van der Waals surface area contributed by atoms with E-state index in [9.17, 15) is 22.8 Å². The maximum atomic E-state index is 12.2. The van der Waals surface area contributed by atoms with Gasteiger partial charge in [0.15, 0.2) is 0 Å². The molecule has 0 bridgehead atoms. The molecule has 0 aromatic rings. The first-order valence-corrected chi connectivity index (χ1v) is 5.21. The van der Waals surface area contributed by atoms with Gasteiger partial charge < -0.3 is 10.0 Å². The number of carbonyl (C=O) groups is 2. The van der Waals surface area contributed by atoms with Crippen LogP contribution in [0.4, 0.5) is 13.2 Å². The third-order valence-electron chi connectivity index (χ3n) is 2.07. The van der Waals surface area contributed by atoms with Crippen molar-refractivity contribution in [2.75, 3.05) is 6.54 Å². The van der Waals surface area contributed by atoms with Crippen LogP contribution in [0, 0.1) is 0 Å². The van der Waals surface area contributed by atoms with E-state index in [0.29, 0.717) is 4.90 Å². The highest BCUT2D eigenvalue weighted by Gasteiger charge is 2.33. The molecule has 0 heterocycles. The average Bonchev–Trinajstić information content (AvgIpc) is 2.11. The zero-order valence-corrected chi connectivity index (χ0v) is 9.75. The molecule has 0 aliphatic heterocycles. The van der Waals surface area contributed by atoms with Crippen LogP contribution in [0.2, 0.25) is 0 Å². The van der Waals surface area contributed by atoms with Crippen LogP contribution in [-0.4, -0.2) is 40.6 Å². The number of aliphatic carboxylic acids is 1. The number of rotatable bonds is 6. The SMILES string of the molecule is CC(C)N(CC(F)(F)F)C(=O)CCCC(=O)O. The molecule has 0 spiro atoms. The summed E-state index contributed by atoms with van der Waals surface area (Å²) in [6.07, 6.45) is -4.79. The average molecular weight is 255 g/mol. The molecule has 1 amide bonds. The van der Waals surface area contributed by atoms with E-state index in [0.717, 1.165) is 0 Å². The Morgan fingerprint density at radius 1 is 1.24 bits per heavy atom. The Labute approximate surface area is 97.4 Å². The molecule has 0 aromatic carbocycles. The van der Waals surface area contributed by atoms with E-state index in [2.05, 4.69) is 0 Å². The first kappa shape index (κ1) is 15.7. The van der Waals surface area contributed by atoms with E-state index in [4.69, 9.17) is 5.11 Å². The third kappa shape index (κ3) is 7.59. The quantitative estimate of drug-likeness (QED) is 0.790.